The van der Waals surface area contributed by atoms with Crippen molar-refractivity contribution >= 4 is 61.2 Å². The summed E-state index contributed by atoms with van der Waals surface area (Å²) in [7, 11) is 0. The Hall–Kier alpha value is -1.37. The Balaban J connectivity index is 0.00000261. The molecule has 0 fully saturated rings. The minimum atomic E-state index is 0. The fraction of sp³-hybridized carbons (Fsp3) is 0.350. The third-order valence-electron chi connectivity index (χ3n) is 4.59. The van der Waals surface area contributed by atoms with Crippen molar-refractivity contribution in [2.75, 3.05) is 38.1 Å². The fourth-order valence-electron chi connectivity index (χ4n) is 3.12. The number of hydrogen-bond donors (Lipinski definition) is 2. The van der Waals surface area contributed by atoms with Gasteiger partial charge in [0.2, 0.25) is 0 Å². The maximum Gasteiger partial charge on any atom is 0.197 e. The highest BCUT2D eigenvalue weighted by Crippen LogP contribution is 2.32. The zero-order chi connectivity index (χ0) is 18.7. The van der Waals surface area contributed by atoms with Gasteiger partial charge in [0, 0.05) is 45.1 Å². The van der Waals surface area contributed by atoms with Gasteiger partial charge in [-0.3, -0.25) is 9.69 Å². The molecule has 4 nitrogen and oxygen atoms in total. The SMILES string of the molecule is CCN(CCO)CCNc1ccc(C)c2sc3cc(Cl)ccc3c(=O)c12.Cl. The van der Waals surface area contributed by atoms with E-state index < -0.39 is 0 Å². The molecule has 1 aromatic heterocycles. The van der Waals surface area contributed by atoms with E-state index >= 15 is 0 Å². The zero-order valence-corrected chi connectivity index (χ0v) is 17.8. The number of nitrogens with one attached hydrogen (secondary N) is 1. The summed E-state index contributed by atoms with van der Waals surface area (Å²) < 4.78 is 1.91. The lowest BCUT2D eigenvalue weighted by Crippen LogP contribution is -2.31. The molecule has 0 unspecified atom stereocenters. The Labute approximate surface area is 174 Å². The van der Waals surface area contributed by atoms with E-state index in [9.17, 15) is 4.79 Å². The summed E-state index contributed by atoms with van der Waals surface area (Å²) in [5.74, 6) is 0. The van der Waals surface area contributed by atoms with Crippen LogP contribution < -0.4 is 10.7 Å². The van der Waals surface area contributed by atoms with E-state index in [-0.39, 0.29) is 24.4 Å². The molecule has 0 spiro atoms. The van der Waals surface area contributed by atoms with Crippen LogP contribution in [0.3, 0.4) is 0 Å². The van der Waals surface area contributed by atoms with Crippen molar-refractivity contribution in [1.82, 2.24) is 4.90 Å². The quantitative estimate of drug-likeness (QED) is 0.545. The first-order valence-electron chi connectivity index (χ1n) is 8.78. The first-order chi connectivity index (χ1) is 12.5. The predicted molar refractivity (Wildman–Crippen MR) is 120 cm³/mol. The summed E-state index contributed by atoms with van der Waals surface area (Å²) in [6.45, 7) is 7.33. The second-order valence-electron chi connectivity index (χ2n) is 6.29. The van der Waals surface area contributed by atoms with Crippen LogP contribution in [0, 0.1) is 6.92 Å². The number of benzene rings is 2. The van der Waals surface area contributed by atoms with Crippen molar-refractivity contribution in [3.05, 3.63) is 51.1 Å². The minimum absolute atomic E-state index is 0. The van der Waals surface area contributed by atoms with Crippen LogP contribution in [0.4, 0.5) is 5.69 Å². The van der Waals surface area contributed by atoms with Crippen LogP contribution in [0.5, 0.6) is 0 Å². The third-order valence-corrected chi connectivity index (χ3v) is 6.11. The van der Waals surface area contributed by atoms with Crippen molar-refractivity contribution in [2.24, 2.45) is 0 Å². The maximum atomic E-state index is 13.1. The lowest BCUT2D eigenvalue weighted by molar-refractivity contribution is 0.206. The average Bonchev–Trinajstić information content (AvgIpc) is 2.63. The normalized spacial score (nSPS) is 11.1. The number of fused-ring (bicyclic) bond motifs is 2. The van der Waals surface area contributed by atoms with Gasteiger partial charge >= 0.3 is 0 Å². The van der Waals surface area contributed by atoms with Gasteiger partial charge in [-0.05, 0) is 43.3 Å². The summed E-state index contributed by atoms with van der Waals surface area (Å²) in [4.78, 5) is 15.3. The number of halogens is 2. The molecule has 2 N–H and O–H groups in total. The minimum Gasteiger partial charge on any atom is -0.395 e. The third kappa shape index (κ3) is 4.73. The Morgan fingerprint density at radius 1 is 1.22 bits per heavy atom. The highest BCUT2D eigenvalue weighted by molar-refractivity contribution is 7.24. The van der Waals surface area contributed by atoms with Crippen LogP contribution >= 0.6 is 35.3 Å². The number of aliphatic hydroxyl groups excluding tert-OH is 1. The number of nitrogens with zero attached hydrogens (tertiary/aromatic N) is 1. The summed E-state index contributed by atoms with van der Waals surface area (Å²) >= 11 is 7.71. The molecule has 0 atom stereocenters. The van der Waals surface area contributed by atoms with E-state index in [4.69, 9.17) is 16.7 Å². The van der Waals surface area contributed by atoms with E-state index in [1.54, 1.807) is 17.4 Å². The smallest absolute Gasteiger partial charge is 0.197 e. The number of rotatable bonds is 7. The van der Waals surface area contributed by atoms with Gasteiger partial charge in [0.15, 0.2) is 5.43 Å². The van der Waals surface area contributed by atoms with Crippen LogP contribution in [0.1, 0.15) is 12.5 Å². The van der Waals surface area contributed by atoms with Gasteiger partial charge in [-0.25, -0.2) is 0 Å². The number of aliphatic hydroxyl groups is 1. The summed E-state index contributed by atoms with van der Waals surface area (Å²) in [5, 5.41) is 14.6. The molecular formula is C20H24Cl2N2O2S. The van der Waals surface area contributed by atoms with Crippen molar-refractivity contribution in [3.8, 4) is 0 Å². The van der Waals surface area contributed by atoms with Crippen LogP contribution in [-0.4, -0.2) is 42.8 Å². The largest absolute Gasteiger partial charge is 0.395 e. The first kappa shape index (κ1) is 21.9. The van der Waals surface area contributed by atoms with Crippen LogP contribution in [0.15, 0.2) is 35.1 Å². The van der Waals surface area contributed by atoms with Gasteiger partial charge in [-0.15, -0.1) is 23.7 Å². The van der Waals surface area contributed by atoms with Crippen LogP contribution in [0.25, 0.3) is 20.2 Å². The molecule has 2 aromatic carbocycles. The van der Waals surface area contributed by atoms with Crippen molar-refractivity contribution in [1.29, 1.82) is 0 Å². The van der Waals surface area contributed by atoms with E-state index in [1.165, 1.54) is 0 Å². The number of aryl methyl sites for hydroxylation is 1. The topological polar surface area (TPSA) is 52.6 Å². The van der Waals surface area contributed by atoms with Gasteiger partial charge in [0.1, 0.15) is 0 Å². The van der Waals surface area contributed by atoms with Gasteiger partial charge < -0.3 is 10.4 Å². The second-order valence-corrected chi connectivity index (χ2v) is 7.78. The molecule has 27 heavy (non-hydrogen) atoms. The maximum absolute atomic E-state index is 13.1. The molecule has 0 aliphatic heterocycles. The monoisotopic (exact) mass is 426 g/mol. The first-order valence-corrected chi connectivity index (χ1v) is 9.97. The molecule has 3 rings (SSSR count). The molecule has 0 aliphatic carbocycles. The van der Waals surface area contributed by atoms with E-state index in [2.05, 4.69) is 17.1 Å². The Bertz CT molecular complexity index is 991. The number of hydrogen-bond acceptors (Lipinski definition) is 5. The van der Waals surface area contributed by atoms with Gasteiger partial charge in [-0.2, -0.15) is 0 Å². The van der Waals surface area contributed by atoms with E-state index in [0.29, 0.717) is 17.0 Å². The number of anilines is 1. The fourth-order valence-corrected chi connectivity index (χ4v) is 4.57. The predicted octanol–water partition coefficient (Wildman–Crippen LogP) is 4.52. The molecule has 3 aromatic rings. The molecule has 7 heteroatoms. The zero-order valence-electron chi connectivity index (χ0n) is 15.4. The highest BCUT2D eigenvalue weighted by Gasteiger charge is 2.12. The Morgan fingerprint density at radius 2 is 2.00 bits per heavy atom. The van der Waals surface area contributed by atoms with Crippen LogP contribution in [0.2, 0.25) is 5.02 Å². The molecule has 0 radical (unpaired) electrons. The number of likely N-dealkylation sites (N-methyl/N-ethyl adjacent to an activating group) is 1. The molecule has 0 saturated carbocycles. The van der Waals surface area contributed by atoms with Crippen LogP contribution in [-0.2, 0) is 0 Å². The lowest BCUT2D eigenvalue weighted by Gasteiger charge is -2.20. The van der Waals surface area contributed by atoms with Gasteiger partial charge in [0.25, 0.3) is 0 Å². The molecule has 0 amide bonds. The summed E-state index contributed by atoms with van der Waals surface area (Å²) in [6, 6.07) is 9.46. The molecular weight excluding hydrogens is 403 g/mol. The van der Waals surface area contributed by atoms with Crippen molar-refractivity contribution < 1.29 is 5.11 Å². The lowest BCUT2D eigenvalue weighted by atomic mass is 10.1. The molecule has 0 saturated heterocycles. The average molecular weight is 427 g/mol. The molecule has 146 valence electrons. The van der Waals surface area contributed by atoms with Crippen molar-refractivity contribution in [3.63, 3.8) is 0 Å². The standard InChI is InChI=1S/C20H23ClN2O2S.ClH/c1-3-23(10-11-24)9-8-22-16-7-4-13(2)20-18(16)19(25)15-6-5-14(21)12-17(15)26-20;/h4-7,12,22,24H,3,8-11H2,1-2H3;1H. The van der Waals surface area contributed by atoms with Gasteiger partial charge in [0.05, 0.1) is 12.0 Å². The Morgan fingerprint density at radius 3 is 2.70 bits per heavy atom. The second kappa shape index (κ2) is 9.71. The molecule has 0 bridgehead atoms. The molecule has 0 aliphatic rings. The summed E-state index contributed by atoms with van der Waals surface area (Å²) in [6.07, 6.45) is 0. The van der Waals surface area contributed by atoms with Crippen molar-refractivity contribution in [2.45, 2.75) is 13.8 Å². The summed E-state index contributed by atoms with van der Waals surface area (Å²) in [5.41, 5.74) is 1.99. The Kier molecular flexibility index (Phi) is 7.89. The highest BCUT2D eigenvalue weighted by atomic mass is 35.5. The molecule has 1 heterocycles. The van der Waals surface area contributed by atoms with E-state index in [1.807, 2.05) is 31.2 Å². The van der Waals surface area contributed by atoms with Gasteiger partial charge in [-0.1, -0.05) is 24.6 Å². The van der Waals surface area contributed by atoms with E-state index in [0.717, 1.165) is 45.7 Å².